The zero-order valence-corrected chi connectivity index (χ0v) is 10.4. The fourth-order valence-electron chi connectivity index (χ4n) is 1.66. The summed E-state index contributed by atoms with van der Waals surface area (Å²) in [7, 11) is 0. The summed E-state index contributed by atoms with van der Waals surface area (Å²) in [6.07, 6.45) is 1.69. The molecule has 0 amide bonds. The second-order valence-corrected chi connectivity index (χ2v) is 4.16. The van der Waals surface area contributed by atoms with Crippen LogP contribution in [0.4, 0.5) is 4.39 Å². The Labute approximate surface area is 105 Å². The first kappa shape index (κ1) is 12.5. The Kier molecular flexibility index (Phi) is 3.58. The Hall–Kier alpha value is -1.94. The molecule has 0 saturated carbocycles. The molecule has 3 nitrogen and oxygen atoms in total. The van der Waals surface area contributed by atoms with Gasteiger partial charge in [0.05, 0.1) is 5.69 Å². The topological polar surface area (TPSA) is 48.1 Å². The highest BCUT2D eigenvalue weighted by molar-refractivity contribution is 5.40. The van der Waals surface area contributed by atoms with Crippen molar-refractivity contribution in [3.63, 3.8) is 0 Å². The molecule has 0 radical (unpaired) electrons. The van der Waals surface area contributed by atoms with Crippen LogP contribution >= 0.6 is 0 Å². The van der Waals surface area contributed by atoms with Gasteiger partial charge in [0, 0.05) is 17.8 Å². The van der Waals surface area contributed by atoms with Crippen molar-refractivity contribution in [3.8, 4) is 11.5 Å². The van der Waals surface area contributed by atoms with Gasteiger partial charge in [0.2, 0.25) is 0 Å². The Morgan fingerprint density at radius 1 is 1.28 bits per heavy atom. The minimum Gasteiger partial charge on any atom is -0.455 e. The van der Waals surface area contributed by atoms with Crippen LogP contribution in [0.2, 0.25) is 0 Å². The number of pyridine rings is 1. The molecule has 0 fully saturated rings. The SMILES string of the molecule is Cc1ncccc1Oc1ccc(F)cc1[C@H](C)N. The molecule has 0 aliphatic carbocycles. The zero-order valence-electron chi connectivity index (χ0n) is 10.4. The first-order chi connectivity index (χ1) is 8.58. The molecular weight excluding hydrogens is 231 g/mol. The van der Waals surface area contributed by atoms with Gasteiger partial charge in [-0.2, -0.15) is 0 Å². The molecule has 1 heterocycles. The van der Waals surface area contributed by atoms with Crippen LogP contribution < -0.4 is 10.5 Å². The average molecular weight is 246 g/mol. The molecule has 2 N–H and O–H groups in total. The summed E-state index contributed by atoms with van der Waals surface area (Å²) in [5.74, 6) is 0.881. The number of nitrogens with two attached hydrogens (primary N) is 1. The third kappa shape index (κ3) is 2.65. The Morgan fingerprint density at radius 3 is 2.72 bits per heavy atom. The third-order valence-electron chi connectivity index (χ3n) is 2.64. The van der Waals surface area contributed by atoms with Gasteiger partial charge in [0.15, 0.2) is 0 Å². The average Bonchev–Trinajstić information content (AvgIpc) is 2.34. The standard InChI is InChI=1S/C14H15FN2O/c1-9(16)12-8-11(15)5-6-14(12)18-13-4-3-7-17-10(13)2/h3-9H,16H2,1-2H3/t9-/m0/s1. The van der Waals surface area contributed by atoms with Crippen LogP contribution in [0.3, 0.4) is 0 Å². The molecule has 0 aliphatic heterocycles. The maximum Gasteiger partial charge on any atom is 0.148 e. The number of nitrogens with zero attached hydrogens (tertiary/aromatic N) is 1. The summed E-state index contributed by atoms with van der Waals surface area (Å²) in [5.41, 5.74) is 7.23. The number of hydrogen-bond donors (Lipinski definition) is 1. The van der Waals surface area contributed by atoms with E-state index in [9.17, 15) is 4.39 Å². The molecule has 0 bridgehead atoms. The molecule has 18 heavy (non-hydrogen) atoms. The number of ether oxygens (including phenoxy) is 1. The largest absolute Gasteiger partial charge is 0.455 e. The molecule has 1 atom stereocenters. The molecule has 4 heteroatoms. The fourth-order valence-corrected chi connectivity index (χ4v) is 1.66. The Morgan fingerprint density at radius 2 is 2.06 bits per heavy atom. The molecule has 94 valence electrons. The second kappa shape index (κ2) is 5.14. The highest BCUT2D eigenvalue weighted by Gasteiger charge is 2.11. The van der Waals surface area contributed by atoms with Crippen LogP contribution in [0.15, 0.2) is 36.5 Å². The Balaban J connectivity index is 2.37. The van der Waals surface area contributed by atoms with E-state index >= 15 is 0 Å². The van der Waals surface area contributed by atoms with Gasteiger partial charge in [-0.25, -0.2) is 4.39 Å². The van der Waals surface area contributed by atoms with Gasteiger partial charge in [-0.3, -0.25) is 4.98 Å². The molecular formula is C14H15FN2O. The number of hydrogen-bond acceptors (Lipinski definition) is 3. The van der Waals surface area contributed by atoms with E-state index in [0.29, 0.717) is 17.1 Å². The van der Waals surface area contributed by atoms with Gasteiger partial charge >= 0.3 is 0 Å². The van der Waals surface area contributed by atoms with Crippen molar-refractivity contribution < 1.29 is 9.13 Å². The van der Waals surface area contributed by atoms with Crippen LogP contribution in [0.25, 0.3) is 0 Å². The van der Waals surface area contributed by atoms with Crippen LogP contribution in [0, 0.1) is 12.7 Å². The molecule has 0 saturated heterocycles. The second-order valence-electron chi connectivity index (χ2n) is 4.16. The summed E-state index contributed by atoms with van der Waals surface area (Å²) >= 11 is 0. The lowest BCUT2D eigenvalue weighted by molar-refractivity contribution is 0.463. The highest BCUT2D eigenvalue weighted by atomic mass is 19.1. The maximum absolute atomic E-state index is 13.2. The molecule has 0 unspecified atom stereocenters. The lowest BCUT2D eigenvalue weighted by Gasteiger charge is -2.14. The van der Waals surface area contributed by atoms with Crippen LogP contribution in [-0.2, 0) is 0 Å². The van der Waals surface area contributed by atoms with Crippen molar-refractivity contribution in [1.29, 1.82) is 0 Å². The van der Waals surface area contributed by atoms with Crippen LogP contribution in [0.5, 0.6) is 11.5 Å². The predicted molar refractivity (Wildman–Crippen MR) is 68.1 cm³/mol. The van der Waals surface area contributed by atoms with Crippen molar-refractivity contribution in [1.82, 2.24) is 4.98 Å². The van der Waals surface area contributed by atoms with Gasteiger partial charge in [0.25, 0.3) is 0 Å². The first-order valence-electron chi connectivity index (χ1n) is 5.72. The molecule has 2 rings (SSSR count). The number of rotatable bonds is 3. The predicted octanol–water partition coefficient (Wildman–Crippen LogP) is 3.34. The van der Waals surface area contributed by atoms with E-state index < -0.39 is 0 Å². The van der Waals surface area contributed by atoms with Crippen molar-refractivity contribution in [2.24, 2.45) is 5.73 Å². The fraction of sp³-hybridized carbons (Fsp3) is 0.214. The minimum absolute atomic E-state index is 0.298. The van der Waals surface area contributed by atoms with Crippen molar-refractivity contribution in [3.05, 3.63) is 53.6 Å². The summed E-state index contributed by atoms with van der Waals surface area (Å²) < 4.78 is 18.9. The van der Waals surface area contributed by atoms with E-state index in [4.69, 9.17) is 10.5 Å². The van der Waals surface area contributed by atoms with E-state index in [0.717, 1.165) is 5.69 Å². The summed E-state index contributed by atoms with van der Waals surface area (Å²) in [5, 5.41) is 0. The van der Waals surface area contributed by atoms with E-state index in [2.05, 4.69) is 4.98 Å². The molecule has 1 aromatic heterocycles. The Bertz CT molecular complexity index is 555. The normalized spacial score (nSPS) is 12.2. The van der Waals surface area contributed by atoms with Gasteiger partial charge in [-0.05, 0) is 44.2 Å². The quantitative estimate of drug-likeness (QED) is 0.903. The zero-order chi connectivity index (χ0) is 13.1. The van der Waals surface area contributed by atoms with Gasteiger partial charge in [0.1, 0.15) is 17.3 Å². The third-order valence-corrected chi connectivity index (χ3v) is 2.64. The summed E-state index contributed by atoms with van der Waals surface area (Å²) in [6, 6.07) is 7.64. The lowest BCUT2D eigenvalue weighted by atomic mass is 10.1. The lowest BCUT2D eigenvalue weighted by Crippen LogP contribution is -2.07. The minimum atomic E-state index is -0.322. The van der Waals surface area contributed by atoms with Crippen LogP contribution in [0.1, 0.15) is 24.2 Å². The van der Waals surface area contributed by atoms with E-state index in [1.807, 2.05) is 13.0 Å². The number of aromatic nitrogens is 1. The van der Waals surface area contributed by atoms with Crippen molar-refractivity contribution >= 4 is 0 Å². The monoisotopic (exact) mass is 246 g/mol. The molecule has 1 aromatic carbocycles. The molecule has 0 aliphatic rings. The first-order valence-corrected chi connectivity index (χ1v) is 5.72. The van der Waals surface area contributed by atoms with E-state index in [-0.39, 0.29) is 11.9 Å². The maximum atomic E-state index is 13.2. The van der Waals surface area contributed by atoms with Crippen LogP contribution in [-0.4, -0.2) is 4.98 Å². The number of halogens is 1. The number of aryl methyl sites for hydroxylation is 1. The van der Waals surface area contributed by atoms with Gasteiger partial charge in [-0.1, -0.05) is 0 Å². The van der Waals surface area contributed by atoms with E-state index in [1.165, 1.54) is 12.1 Å². The smallest absolute Gasteiger partial charge is 0.148 e. The highest BCUT2D eigenvalue weighted by Crippen LogP contribution is 2.30. The van der Waals surface area contributed by atoms with E-state index in [1.54, 1.807) is 25.3 Å². The summed E-state index contributed by atoms with van der Waals surface area (Å²) in [6.45, 7) is 3.64. The molecule has 2 aromatic rings. The number of benzene rings is 1. The van der Waals surface area contributed by atoms with Gasteiger partial charge < -0.3 is 10.5 Å². The summed E-state index contributed by atoms with van der Waals surface area (Å²) in [4.78, 5) is 4.14. The van der Waals surface area contributed by atoms with Gasteiger partial charge in [-0.15, -0.1) is 0 Å². The van der Waals surface area contributed by atoms with Crippen molar-refractivity contribution in [2.45, 2.75) is 19.9 Å². The molecule has 0 spiro atoms. The van der Waals surface area contributed by atoms with Crippen molar-refractivity contribution in [2.75, 3.05) is 0 Å².